The van der Waals surface area contributed by atoms with E-state index in [-0.39, 0.29) is 4.99 Å². The molecule has 0 aliphatic heterocycles. The summed E-state index contributed by atoms with van der Waals surface area (Å²) in [6.07, 6.45) is 1.63. The molecule has 2 aromatic heterocycles. The summed E-state index contributed by atoms with van der Waals surface area (Å²) in [5.74, 6) is 0.503. The van der Waals surface area contributed by atoms with Gasteiger partial charge in [-0.2, -0.15) is 8.75 Å². The average molecular weight is 356 g/mol. The van der Waals surface area contributed by atoms with Crippen LogP contribution in [0.5, 0.6) is 0 Å². The standard InChI is InChI=1S/C12H7Cl2N5S2/c13-6-4-7(14)9-10(19-21-18-9)8(6)17-12-5(11(15)20)2-1-3-16-12/h1-4H,(H2,15,20)(H,16,17). The van der Waals surface area contributed by atoms with Gasteiger partial charge in [0, 0.05) is 6.20 Å². The number of halogens is 2. The summed E-state index contributed by atoms with van der Waals surface area (Å²) >= 11 is 18.4. The van der Waals surface area contributed by atoms with E-state index >= 15 is 0 Å². The van der Waals surface area contributed by atoms with Gasteiger partial charge >= 0.3 is 0 Å². The molecule has 3 rings (SSSR count). The molecule has 3 aromatic rings. The Morgan fingerprint density at radius 1 is 1.24 bits per heavy atom. The summed E-state index contributed by atoms with van der Waals surface area (Å²) in [4.78, 5) is 4.47. The van der Waals surface area contributed by atoms with Crippen LogP contribution in [0.25, 0.3) is 11.0 Å². The van der Waals surface area contributed by atoms with Crippen LogP contribution in [0.15, 0.2) is 24.4 Å². The van der Waals surface area contributed by atoms with Crippen molar-refractivity contribution in [1.29, 1.82) is 0 Å². The fraction of sp³-hybridized carbons (Fsp3) is 0. The number of thiocarbonyl (C=S) groups is 1. The van der Waals surface area contributed by atoms with E-state index in [1.165, 1.54) is 0 Å². The van der Waals surface area contributed by atoms with E-state index in [2.05, 4.69) is 19.0 Å². The summed E-state index contributed by atoms with van der Waals surface area (Å²) in [5, 5.41) is 3.98. The Kier molecular flexibility index (Phi) is 3.90. The molecular formula is C12H7Cl2N5S2. The molecule has 2 heterocycles. The predicted molar refractivity (Wildman–Crippen MR) is 90.8 cm³/mol. The van der Waals surface area contributed by atoms with E-state index in [9.17, 15) is 0 Å². The highest BCUT2D eigenvalue weighted by atomic mass is 35.5. The number of fused-ring (bicyclic) bond motifs is 1. The predicted octanol–water partition coefficient (Wildman–Crippen LogP) is 3.77. The fourth-order valence-electron chi connectivity index (χ4n) is 1.82. The summed E-state index contributed by atoms with van der Waals surface area (Å²) in [6.45, 7) is 0. The zero-order valence-corrected chi connectivity index (χ0v) is 13.4. The Morgan fingerprint density at radius 3 is 2.76 bits per heavy atom. The van der Waals surface area contributed by atoms with Crippen LogP contribution in [0, 0.1) is 0 Å². The van der Waals surface area contributed by atoms with Crippen molar-refractivity contribution in [2.45, 2.75) is 0 Å². The number of hydrogen-bond acceptors (Lipinski definition) is 6. The Bertz CT molecular complexity index is 849. The van der Waals surface area contributed by atoms with E-state index in [4.69, 9.17) is 41.2 Å². The number of pyridine rings is 1. The Hall–Kier alpha value is -1.54. The highest BCUT2D eigenvalue weighted by Gasteiger charge is 2.16. The molecule has 0 radical (unpaired) electrons. The second-order valence-electron chi connectivity index (χ2n) is 4.07. The smallest absolute Gasteiger partial charge is 0.140 e. The van der Waals surface area contributed by atoms with Crippen molar-refractivity contribution < 1.29 is 0 Å². The Labute approximate surface area is 139 Å². The van der Waals surface area contributed by atoms with Crippen molar-refractivity contribution in [2.24, 2.45) is 5.73 Å². The van der Waals surface area contributed by atoms with E-state index in [1.807, 2.05) is 0 Å². The molecule has 1 aromatic carbocycles. The van der Waals surface area contributed by atoms with Gasteiger partial charge in [0.15, 0.2) is 0 Å². The number of hydrogen-bond donors (Lipinski definition) is 2. The van der Waals surface area contributed by atoms with E-state index in [1.54, 1.807) is 24.4 Å². The van der Waals surface area contributed by atoms with Gasteiger partial charge in [0.25, 0.3) is 0 Å². The molecule has 0 atom stereocenters. The number of aromatic nitrogens is 3. The lowest BCUT2D eigenvalue weighted by atomic mass is 10.2. The Balaban J connectivity index is 2.15. The zero-order valence-electron chi connectivity index (χ0n) is 10.3. The molecular weight excluding hydrogens is 349 g/mol. The fourth-order valence-corrected chi connectivity index (χ4v) is 3.14. The van der Waals surface area contributed by atoms with Crippen molar-refractivity contribution in [3.8, 4) is 0 Å². The number of anilines is 2. The molecule has 0 bridgehead atoms. The second-order valence-corrected chi connectivity index (χ2v) is 5.85. The van der Waals surface area contributed by atoms with Crippen LogP contribution in [-0.2, 0) is 0 Å². The van der Waals surface area contributed by atoms with E-state index in [0.29, 0.717) is 38.1 Å². The van der Waals surface area contributed by atoms with Crippen LogP contribution in [-0.4, -0.2) is 18.7 Å². The number of nitrogens with two attached hydrogens (primary N) is 1. The van der Waals surface area contributed by atoms with Gasteiger partial charge in [0.05, 0.1) is 33.0 Å². The van der Waals surface area contributed by atoms with Crippen molar-refractivity contribution >= 4 is 74.7 Å². The third kappa shape index (κ3) is 2.65. The quantitative estimate of drug-likeness (QED) is 0.696. The normalized spacial score (nSPS) is 10.8. The topological polar surface area (TPSA) is 76.7 Å². The molecule has 106 valence electrons. The summed E-state index contributed by atoms with van der Waals surface area (Å²) in [7, 11) is 0. The van der Waals surface area contributed by atoms with Gasteiger partial charge < -0.3 is 11.1 Å². The minimum atomic E-state index is 0.239. The molecule has 0 aliphatic rings. The van der Waals surface area contributed by atoms with Gasteiger partial charge in [0.1, 0.15) is 21.8 Å². The van der Waals surface area contributed by atoms with Crippen molar-refractivity contribution in [3.63, 3.8) is 0 Å². The molecule has 0 aliphatic carbocycles. The first kappa shape index (κ1) is 14.4. The minimum Gasteiger partial charge on any atom is -0.389 e. The van der Waals surface area contributed by atoms with Crippen LogP contribution in [0.2, 0.25) is 10.0 Å². The molecule has 9 heteroatoms. The molecule has 0 saturated heterocycles. The Morgan fingerprint density at radius 2 is 2.00 bits per heavy atom. The van der Waals surface area contributed by atoms with Crippen LogP contribution >= 0.6 is 47.1 Å². The maximum absolute atomic E-state index is 6.25. The molecule has 0 unspecified atom stereocenters. The van der Waals surface area contributed by atoms with E-state index in [0.717, 1.165) is 11.7 Å². The largest absolute Gasteiger partial charge is 0.389 e. The third-order valence-corrected chi connectivity index (χ3v) is 4.09. The van der Waals surface area contributed by atoms with Gasteiger partial charge in [-0.15, -0.1) is 0 Å². The molecule has 0 saturated carbocycles. The van der Waals surface area contributed by atoms with Crippen LogP contribution in [0.4, 0.5) is 11.5 Å². The first-order valence-corrected chi connectivity index (χ1v) is 7.59. The lowest BCUT2D eigenvalue weighted by molar-refractivity contribution is 1.30. The average Bonchev–Trinajstić information content (AvgIpc) is 2.93. The molecule has 0 fully saturated rings. The monoisotopic (exact) mass is 355 g/mol. The van der Waals surface area contributed by atoms with Gasteiger partial charge in [-0.3, -0.25) is 0 Å². The number of nitrogens with zero attached hydrogens (tertiary/aromatic N) is 3. The van der Waals surface area contributed by atoms with Crippen molar-refractivity contribution in [3.05, 3.63) is 40.0 Å². The molecule has 0 spiro atoms. The van der Waals surface area contributed by atoms with E-state index < -0.39 is 0 Å². The van der Waals surface area contributed by atoms with Crippen LogP contribution < -0.4 is 11.1 Å². The minimum absolute atomic E-state index is 0.239. The van der Waals surface area contributed by atoms with Crippen molar-refractivity contribution in [2.75, 3.05) is 5.32 Å². The highest BCUT2D eigenvalue weighted by Crippen LogP contribution is 2.36. The highest BCUT2D eigenvalue weighted by molar-refractivity contribution is 7.80. The molecule has 21 heavy (non-hydrogen) atoms. The molecule has 0 amide bonds. The zero-order chi connectivity index (χ0) is 15.0. The third-order valence-electron chi connectivity index (χ3n) is 2.76. The maximum atomic E-state index is 6.25. The summed E-state index contributed by atoms with van der Waals surface area (Å²) in [6, 6.07) is 5.14. The molecule has 3 N–H and O–H groups in total. The maximum Gasteiger partial charge on any atom is 0.140 e. The van der Waals surface area contributed by atoms with Gasteiger partial charge in [-0.1, -0.05) is 35.4 Å². The lowest BCUT2D eigenvalue weighted by Crippen LogP contribution is -2.13. The SMILES string of the molecule is NC(=S)c1cccnc1Nc1c(Cl)cc(Cl)c2nsnc12. The summed E-state index contributed by atoms with van der Waals surface area (Å²) in [5.41, 5.74) is 8.05. The lowest BCUT2D eigenvalue weighted by Gasteiger charge is -2.11. The first-order chi connectivity index (χ1) is 10.1. The van der Waals surface area contributed by atoms with Gasteiger partial charge in [-0.25, -0.2) is 4.98 Å². The molecule has 5 nitrogen and oxygen atoms in total. The first-order valence-electron chi connectivity index (χ1n) is 5.70. The summed E-state index contributed by atoms with van der Waals surface area (Å²) < 4.78 is 8.37. The number of benzene rings is 1. The second kappa shape index (κ2) is 5.69. The number of nitrogens with one attached hydrogen (secondary N) is 1. The van der Waals surface area contributed by atoms with Gasteiger partial charge in [-0.05, 0) is 18.2 Å². The van der Waals surface area contributed by atoms with Gasteiger partial charge in [0.2, 0.25) is 0 Å². The van der Waals surface area contributed by atoms with Crippen LogP contribution in [0.1, 0.15) is 5.56 Å². The van der Waals surface area contributed by atoms with Crippen LogP contribution in [0.3, 0.4) is 0 Å². The van der Waals surface area contributed by atoms with Crippen molar-refractivity contribution in [1.82, 2.24) is 13.7 Å². The number of rotatable bonds is 3.